The van der Waals surface area contributed by atoms with Crippen LogP contribution in [-0.2, 0) is 9.47 Å². The van der Waals surface area contributed by atoms with E-state index < -0.39 is 0 Å². The van der Waals surface area contributed by atoms with E-state index >= 15 is 0 Å². The van der Waals surface area contributed by atoms with Gasteiger partial charge in [0.1, 0.15) is 6.23 Å². The molecular formula is C17H27NO2. The van der Waals surface area contributed by atoms with Crippen molar-refractivity contribution in [3.63, 3.8) is 0 Å². The molecule has 0 aliphatic carbocycles. The summed E-state index contributed by atoms with van der Waals surface area (Å²) in [4.78, 5) is 2.41. The molecule has 20 heavy (non-hydrogen) atoms. The van der Waals surface area contributed by atoms with Crippen LogP contribution in [0.25, 0.3) is 0 Å². The predicted molar refractivity (Wildman–Crippen MR) is 83.3 cm³/mol. The van der Waals surface area contributed by atoms with Gasteiger partial charge in [-0.05, 0) is 44.7 Å². The highest BCUT2D eigenvalue weighted by molar-refractivity contribution is 5.59. The summed E-state index contributed by atoms with van der Waals surface area (Å²) in [6.07, 6.45) is 1.19. The molecule has 112 valence electrons. The average Bonchev–Trinajstić information content (AvgIpc) is 2.38. The van der Waals surface area contributed by atoms with Crippen LogP contribution < -0.4 is 4.90 Å². The van der Waals surface area contributed by atoms with E-state index in [1.165, 1.54) is 11.3 Å². The Bertz CT molecular complexity index is 444. The Morgan fingerprint density at radius 1 is 1.30 bits per heavy atom. The van der Waals surface area contributed by atoms with Crippen LogP contribution >= 0.6 is 0 Å². The van der Waals surface area contributed by atoms with Crippen LogP contribution in [0.3, 0.4) is 0 Å². The Morgan fingerprint density at radius 2 is 2.00 bits per heavy atom. The van der Waals surface area contributed by atoms with Gasteiger partial charge in [-0.3, -0.25) is 0 Å². The Morgan fingerprint density at radius 3 is 2.70 bits per heavy atom. The van der Waals surface area contributed by atoms with E-state index in [0.717, 1.165) is 6.42 Å². The number of fused-ring (bicyclic) bond motifs is 1. The van der Waals surface area contributed by atoms with Crippen molar-refractivity contribution in [1.29, 1.82) is 0 Å². The minimum absolute atomic E-state index is 0.0498. The van der Waals surface area contributed by atoms with Crippen LogP contribution in [0.2, 0.25) is 0 Å². The highest BCUT2D eigenvalue weighted by atomic mass is 16.5. The molecule has 0 saturated heterocycles. The monoisotopic (exact) mass is 277 g/mol. The lowest BCUT2D eigenvalue weighted by Gasteiger charge is -2.50. The molecule has 2 atom stereocenters. The fraction of sp³-hybridized carbons (Fsp3) is 0.647. The van der Waals surface area contributed by atoms with E-state index in [2.05, 4.69) is 56.9 Å². The molecule has 1 aliphatic heterocycles. The van der Waals surface area contributed by atoms with Gasteiger partial charge < -0.3 is 14.4 Å². The third-order valence-electron chi connectivity index (χ3n) is 4.20. The van der Waals surface area contributed by atoms with Crippen molar-refractivity contribution in [1.82, 2.24) is 0 Å². The first-order valence-corrected chi connectivity index (χ1v) is 7.46. The Labute approximate surface area is 122 Å². The maximum absolute atomic E-state index is 5.95. The molecule has 1 aromatic rings. The summed E-state index contributed by atoms with van der Waals surface area (Å²) in [5, 5.41) is 0. The maximum Gasteiger partial charge on any atom is 0.127 e. The summed E-state index contributed by atoms with van der Waals surface area (Å²) in [5.41, 5.74) is 2.83. The number of benzene rings is 1. The number of anilines is 1. The molecule has 0 fully saturated rings. The summed E-state index contributed by atoms with van der Waals surface area (Å²) in [6, 6.07) is 8.69. The van der Waals surface area contributed by atoms with Crippen molar-refractivity contribution in [3.8, 4) is 0 Å². The molecule has 0 aromatic heterocycles. The van der Waals surface area contributed by atoms with E-state index in [1.807, 2.05) is 0 Å². The molecule has 1 aliphatic rings. The zero-order chi connectivity index (χ0) is 14.8. The molecule has 3 nitrogen and oxygen atoms in total. The topological polar surface area (TPSA) is 21.7 Å². The average molecular weight is 277 g/mol. The highest BCUT2D eigenvalue weighted by Crippen LogP contribution is 2.44. The van der Waals surface area contributed by atoms with Gasteiger partial charge in [0.05, 0.1) is 13.2 Å². The number of rotatable bonds is 5. The lowest BCUT2D eigenvalue weighted by atomic mass is 9.80. The summed E-state index contributed by atoms with van der Waals surface area (Å²) < 4.78 is 11.0. The number of para-hydroxylation sites is 1. The van der Waals surface area contributed by atoms with E-state index in [9.17, 15) is 0 Å². The number of hydrogen-bond acceptors (Lipinski definition) is 3. The van der Waals surface area contributed by atoms with Gasteiger partial charge in [-0.2, -0.15) is 0 Å². The molecular weight excluding hydrogens is 250 g/mol. The van der Waals surface area contributed by atoms with Crippen LogP contribution in [0.5, 0.6) is 0 Å². The lowest BCUT2D eigenvalue weighted by Crippen LogP contribution is -2.53. The third kappa shape index (κ3) is 2.99. The second-order valence-corrected chi connectivity index (χ2v) is 6.31. The standard InChI is InChI=1S/C17H27NO2/c1-13-12-17(3,4)18(14(2)20-11-10-19-5)16-9-7-6-8-15(13)16/h6-9,13-14H,10-12H2,1-5H3. The molecule has 0 radical (unpaired) electrons. The molecule has 0 spiro atoms. The van der Waals surface area contributed by atoms with Gasteiger partial charge >= 0.3 is 0 Å². The number of nitrogens with zero attached hydrogens (tertiary/aromatic N) is 1. The molecule has 0 bridgehead atoms. The molecule has 0 N–H and O–H groups in total. The number of hydrogen-bond donors (Lipinski definition) is 0. The molecule has 3 heteroatoms. The molecule has 1 heterocycles. The van der Waals surface area contributed by atoms with E-state index in [0.29, 0.717) is 19.1 Å². The maximum atomic E-state index is 5.95. The minimum atomic E-state index is 0.0498. The summed E-state index contributed by atoms with van der Waals surface area (Å²) >= 11 is 0. The predicted octanol–water partition coefficient (Wildman–Crippen LogP) is 3.79. The van der Waals surface area contributed by atoms with E-state index in [4.69, 9.17) is 9.47 Å². The zero-order valence-electron chi connectivity index (χ0n) is 13.3. The molecule has 0 saturated carbocycles. The highest BCUT2D eigenvalue weighted by Gasteiger charge is 2.38. The minimum Gasteiger partial charge on any atom is -0.382 e. The largest absolute Gasteiger partial charge is 0.382 e. The molecule has 0 amide bonds. The molecule has 1 aromatic carbocycles. The number of ether oxygens (including phenoxy) is 2. The first-order chi connectivity index (χ1) is 9.47. The van der Waals surface area contributed by atoms with Gasteiger partial charge in [0.15, 0.2) is 0 Å². The van der Waals surface area contributed by atoms with Crippen molar-refractivity contribution in [2.45, 2.75) is 51.8 Å². The second-order valence-electron chi connectivity index (χ2n) is 6.31. The van der Waals surface area contributed by atoms with E-state index in [-0.39, 0.29) is 11.8 Å². The SMILES string of the molecule is COCCOC(C)N1c2ccccc2C(C)CC1(C)C. The van der Waals surface area contributed by atoms with Crippen LogP contribution in [0.1, 0.15) is 45.6 Å². The smallest absolute Gasteiger partial charge is 0.127 e. The van der Waals surface area contributed by atoms with Gasteiger partial charge in [-0.1, -0.05) is 25.1 Å². The molecule has 2 unspecified atom stereocenters. The summed E-state index contributed by atoms with van der Waals surface area (Å²) in [7, 11) is 1.70. The van der Waals surface area contributed by atoms with Crippen molar-refractivity contribution in [2.24, 2.45) is 0 Å². The van der Waals surface area contributed by atoms with Crippen LogP contribution in [-0.4, -0.2) is 32.1 Å². The van der Waals surface area contributed by atoms with Gasteiger partial charge in [0.25, 0.3) is 0 Å². The van der Waals surface area contributed by atoms with Crippen molar-refractivity contribution >= 4 is 5.69 Å². The van der Waals surface area contributed by atoms with Crippen molar-refractivity contribution in [3.05, 3.63) is 29.8 Å². The molecule has 2 rings (SSSR count). The Balaban J connectivity index is 2.26. The van der Waals surface area contributed by atoms with Crippen LogP contribution in [0.15, 0.2) is 24.3 Å². The van der Waals surface area contributed by atoms with E-state index in [1.54, 1.807) is 7.11 Å². The normalized spacial score (nSPS) is 22.4. The zero-order valence-corrected chi connectivity index (χ0v) is 13.3. The summed E-state index contributed by atoms with van der Waals surface area (Å²) in [5.74, 6) is 0.587. The third-order valence-corrected chi connectivity index (χ3v) is 4.20. The fourth-order valence-corrected chi connectivity index (χ4v) is 3.47. The lowest BCUT2D eigenvalue weighted by molar-refractivity contribution is 0.0135. The van der Waals surface area contributed by atoms with Gasteiger partial charge in [-0.25, -0.2) is 0 Å². The quantitative estimate of drug-likeness (QED) is 0.764. The Hall–Kier alpha value is -1.06. The van der Waals surface area contributed by atoms with Gasteiger partial charge in [0.2, 0.25) is 0 Å². The number of methoxy groups -OCH3 is 1. The second kappa shape index (κ2) is 6.15. The van der Waals surface area contributed by atoms with Crippen LogP contribution in [0, 0.1) is 0 Å². The van der Waals surface area contributed by atoms with Crippen LogP contribution in [0.4, 0.5) is 5.69 Å². The summed E-state index contributed by atoms with van der Waals surface area (Å²) in [6.45, 7) is 10.3. The van der Waals surface area contributed by atoms with Gasteiger partial charge in [0, 0.05) is 18.3 Å². The van der Waals surface area contributed by atoms with Gasteiger partial charge in [-0.15, -0.1) is 0 Å². The first kappa shape index (κ1) is 15.3. The Kier molecular flexibility index (Phi) is 4.71. The van der Waals surface area contributed by atoms with Crippen molar-refractivity contribution < 1.29 is 9.47 Å². The fourth-order valence-electron chi connectivity index (χ4n) is 3.47. The van der Waals surface area contributed by atoms with Crippen molar-refractivity contribution in [2.75, 3.05) is 25.2 Å². The first-order valence-electron chi connectivity index (χ1n) is 7.46.